The fourth-order valence-electron chi connectivity index (χ4n) is 2.91. The van der Waals surface area contributed by atoms with E-state index in [9.17, 15) is 9.18 Å². The highest BCUT2D eigenvalue weighted by atomic mass is 35.5. The molecule has 7 heteroatoms. The highest BCUT2D eigenvalue weighted by molar-refractivity contribution is 6.31. The smallest absolute Gasteiger partial charge is 0.272 e. The summed E-state index contributed by atoms with van der Waals surface area (Å²) < 4.78 is 20.2. The molecular weight excluding hydrogens is 333 g/mol. The van der Waals surface area contributed by atoms with Crippen LogP contribution in [0.2, 0.25) is 5.02 Å². The third-order valence-corrected chi connectivity index (χ3v) is 4.08. The fraction of sp³-hybridized carbons (Fsp3) is 0.353. The average Bonchev–Trinajstić information content (AvgIpc) is 2.93. The van der Waals surface area contributed by atoms with Crippen LogP contribution in [0, 0.1) is 5.82 Å². The molecule has 2 atom stereocenters. The fourth-order valence-corrected chi connectivity index (χ4v) is 3.08. The van der Waals surface area contributed by atoms with Gasteiger partial charge in [0.1, 0.15) is 11.5 Å². The predicted molar refractivity (Wildman–Crippen MR) is 92.4 cm³/mol. The molecule has 0 bridgehead atoms. The minimum Gasteiger partial charge on any atom is -0.372 e. The summed E-state index contributed by atoms with van der Waals surface area (Å²) in [5, 5.41) is 3.09. The van der Waals surface area contributed by atoms with E-state index >= 15 is 0 Å². The highest BCUT2D eigenvalue weighted by Crippen LogP contribution is 2.26. The number of aromatic nitrogens is 1. The van der Waals surface area contributed by atoms with E-state index in [-0.39, 0.29) is 23.9 Å². The molecule has 1 amide bonds. The van der Waals surface area contributed by atoms with Crippen LogP contribution in [0.15, 0.2) is 30.5 Å². The number of halogens is 2. The van der Waals surface area contributed by atoms with Gasteiger partial charge in [-0.2, -0.15) is 0 Å². The maximum absolute atomic E-state index is 14.5. The van der Waals surface area contributed by atoms with Crippen LogP contribution in [0.25, 0.3) is 0 Å². The van der Waals surface area contributed by atoms with Crippen LogP contribution in [0.1, 0.15) is 24.3 Å². The van der Waals surface area contributed by atoms with Gasteiger partial charge in [0.2, 0.25) is 0 Å². The molecule has 3 rings (SSSR count). The minimum absolute atomic E-state index is 0.0464. The summed E-state index contributed by atoms with van der Waals surface area (Å²) in [6.07, 6.45) is 1.61. The number of hydrogen-bond donors (Lipinski definition) is 2. The number of amides is 1. The molecular formula is C17H19ClFN3O2. The summed E-state index contributed by atoms with van der Waals surface area (Å²) in [7, 11) is 0. The summed E-state index contributed by atoms with van der Waals surface area (Å²) in [6, 6.07) is 6.20. The average molecular weight is 352 g/mol. The van der Waals surface area contributed by atoms with Gasteiger partial charge in [-0.25, -0.2) is 4.39 Å². The van der Waals surface area contributed by atoms with Crippen molar-refractivity contribution in [1.82, 2.24) is 4.98 Å². The molecule has 1 aromatic carbocycles. The monoisotopic (exact) mass is 351 g/mol. The molecule has 1 fully saturated rings. The summed E-state index contributed by atoms with van der Waals surface area (Å²) in [6.45, 7) is 5.20. The largest absolute Gasteiger partial charge is 0.372 e. The first-order valence-electron chi connectivity index (χ1n) is 7.77. The summed E-state index contributed by atoms with van der Waals surface area (Å²) in [5.74, 6) is -0.749. The number of hydrogen-bond acceptors (Lipinski definition) is 3. The molecule has 1 saturated heterocycles. The van der Waals surface area contributed by atoms with Crippen molar-refractivity contribution in [3.8, 4) is 0 Å². The zero-order valence-corrected chi connectivity index (χ0v) is 14.2. The van der Waals surface area contributed by atoms with E-state index in [0.717, 1.165) is 0 Å². The van der Waals surface area contributed by atoms with Crippen molar-refractivity contribution in [3.05, 3.63) is 47.0 Å². The lowest BCUT2D eigenvalue weighted by Crippen LogP contribution is -2.45. The van der Waals surface area contributed by atoms with Crippen molar-refractivity contribution in [3.63, 3.8) is 0 Å². The van der Waals surface area contributed by atoms with Crippen LogP contribution in [0.5, 0.6) is 0 Å². The van der Waals surface area contributed by atoms with Crippen LogP contribution >= 0.6 is 11.6 Å². The Morgan fingerprint density at radius 2 is 2.04 bits per heavy atom. The predicted octanol–water partition coefficient (Wildman–Crippen LogP) is 3.67. The lowest BCUT2D eigenvalue weighted by Gasteiger charge is -2.37. The molecule has 0 unspecified atom stereocenters. The molecule has 0 saturated carbocycles. The lowest BCUT2D eigenvalue weighted by molar-refractivity contribution is -0.00539. The van der Waals surface area contributed by atoms with Crippen molar-refractivity contribution in [2.24, 2.45) is 0 Å². The van der Waals surface area contributed by atoms with E-state index in [4.69, 9.17) is 16.3 Å². The van der Waals surface area contributed by atoms with Crippen LogP contribution in [-0.4, -0.2) is 36.2 Å². The van der Waals surface area contributed by atoms with Gasteiger partial charge in [-0.15, -0.1) is 0 Å². The van der Waals surface area contributed by atoms with Crippen LogP contribution in [-0.2, 0) is 4.74 Å². The molecule has 5 nitrogen and oxygen atoms in total. The number of nitrogens with one attached hydrogen (secondary N) is 2. The van der Waals surface area contributed by atoms with E-state index in [1.165, 1.54) is 18.3 Å². The number of benzene rings is 1. The quantitative estimate of drug-likeness (QED) is 0.887. The summed E-state index contributed by atoms with van der Waals surface area (Å²) in [5.41, 5.74) is 1.22. The summed E-state index contributed by atoms with van der Waals surface area (Å²) in [4.78, 5) is 16.8. The molecule has 1 aliphatic rings. The number of ether oxygens (including phenoxy) is 1. The number of rotatable bonds is 3. The third-order valence-electron chi connectivity index (χ3n) is 3.86. The number of carbonyl (C=O) groups excluding carboxylic acids is 1. The number of morpholine rings is 1. The Kier molecular flexibility index (Phi) is 4.78. The molecule has 128 valence electrons. The number of carbonyl (C=O) groups is 1. The van der Waals surface area contributed by atoms with Crippen molar-refractivity contribution in [1.29, 1.82) is 0 Å². The molecule has 0 spiro atoms. The molecule has 2 heterocycles. The van der Waals surface area contributed by atoms with E-state index in [2.05, 4.69) is 10.3 Å². The Balaban J connectivity index is 1.74. The van der Waals surface area contributed by atoms with Gasteiger partial charge in [-0.3, -0.25) is 4.79 Å². The normalized spacial score (nSPS) is 20.9. The molecule has 2 N–H and O–H groups in total. The number of anilines is 2. The second-order valence-electron chi connectivity index (χ2n) is 6.01. The maximum atomic E-state index is 14.5. The molecule has 1 aromatic heterocycles. The molecule has 2 aromatic rings. The number of aromatic amines is 1. The Labute approximate surface area is 144 Å². The number of H-pyrrole nitrogens is 1. The van der Waals surface area contributed by atoms with Gasteiger partial charge >= 0.3 is 0 Å². The molecule has 0 radical (unpaired) electrons. The second-order valence-corrected chi connectivity index (χ2v) is 6.45. The van der Waals surface area contributed by atoms with Gasteiger partial charge < -0.3 is 19.9 Å². The van der Waals surface area contributed by atoms with Crippen molar-refractivity contribution in [2.45, 2.75) is 26.1 Å². The first kappa shape index (κ1) is 16.8. The van der Waals surface area contributed by atoms with E-state index in [1.54, 1.807) is 12.1 Å². The Morgan fingerprint density at radius 3 is 2.62 bits per heavy atom. The zero-order chi connectivity index (χ0) is 17.3. The van der Waals surface area contributed by atoms with Gasteiger partial charge in [0.15, 0.2) is 0 Å². The lowest BCUT2D eigenvalue weighted by atomic mass is 10.2. The molecule has 24 heavy (non-hydrogen) atoms. The van der Waals surface area contributed by atoms with E-state index in [0.29, 0.717) is 35.2 Å². The summed E-state index contributed by atoms with van der Waals surface area (Å²) >= 11 is 5.78. The van der Waals surface area contributed by atoms with Gasteiger partial charge in [0, 0.05) is 25.0 Å². The van der Waals surface area contributed by atoms with Crippen molar-refractivity contribution in [2.75, 3.05) is 23.3 Å². The van der Waals surface area contributed by atoms with Crippen LogP contribution < -0.4 is 10.2 Å². The Hall–Kier alpha value is -2.05. The van der Waals surface area contributed by atoms with Crippen molar-refractivity contribution < 1.29 is 13.9 Å². The van der Waals surface area contributed by atoms with E-state index in [1.807, 2.05) is 18.7 Å². The highest BCUT2D eigenvalue weighted by Gasteiger charge is 2.24. The zero-order valence-electron chi connectivity index (χ0n) is 13.5. The van der Waals surface area contributed by atoms with Crippen LogP contribution in [0.4, 0.5) is 15.8 Å². The van der Waals surface area contributed by atoms with Crippen LogP contribution in [0.3, 0.4) is 0 Å². The molecule has 0 aliphatic carbocycles. The second kappa shape index (κ2) is 6.83. The van der Waals surface area contributed by atoms with Gasteiger partial charge in [-0.05, 0) is 38.1 Å². The van der Waals surface area contributed by atoms with Gasteiger partial charge in [0.05, 0.1) is 22.9 Å². The first-order chi connectivity index (χ1) is 11.4. The van der Waals surface area contributed by atoms with E-state index < -0.39 is 0 Å². The standard InChI is InChI=1S/C17H19ClFN3O2/c1-10-8-22(9-11(2)24-10)16-4-3-13(6-14(16)19)21-17(23)15-5-12(18)7-20-15/h3-7,10-11,20H,8-9H2,1-2H3,(H,21,23)/t10-,11+. The Morgan fingerprint density at radius 1 is 1.33 bits per heavy atom. The van der Waals surface area contributed by atoms with Gasteiger partial charge in [-0.1, -0.05) is 11.6 Å². The Bertz CT molecular complexity index is 739. The third kappa shape index (κ3) is 3.71. The van der Waals surface area contributed by atoms with Crippen molar-refractivity contribution >= 4 is 28.9 Å². The topological polar surface area (TPSA) is 57.4 Å². The number of nitrogens with zero attached hydrogens (tertiary/aromatic N) is 1. The first-order valence-corrected chi connectivity index (χ1v) is 8.15. The van der Waals surface area contributed by atoms with Gasteiger partial charge in [0.25, 0.3) is 5.91 Å². The maximum Gasteiger partial charge on any atom is 0.272 e. The molecule has 1 aliphatic heterocycles. The SMILES string of the molecule is C[C@@H]1CN(c2ccc(NC(=O)c3cc(Cl)c[nH]3)cc2F)C[C@H](C)O1. The minimum atomic E-state index is -0.376.